The van der Waals surface area contributed by atoms with Crippen LogP contribution in [0.4, 0.5) is 0 Å². The van der Waals surface area contributed by atoms with E-state index in [9.17, 15) is 0 Å². The molecule has 0 aromatic rings. The van der Waals surface area contributed by atoms with Gasteiger partial charge in [0.05, 0.1) is 0 Å². The normalized spacial score (nSPS) is 21.2. The van der Waals surface area contributed by atoms with E-state index in [0.717, 1.165) is 6.54 Å². The number of halogens is 1. The maximum Gasteiger partial charge on any atom is 0.224 e. The van der Waals surface area contributed by atoms with E-state index in [1.54, 1.807) is 0 Å². The number of rotatable bonds is 1. The Labute approximate surface area is 60.6 Å². The quantitative estimate of drug-likeness (QED) is 0.299. The average Bonchev–Trinajstić information content (AvgIpc) is 2.13. The van der Waals surface area contributed by atoms with E-state index >= 15 is 0 Å². The van der Waals surface area contributed by atoms with Crippen molar-refractivity contribution in [1.82, 2.24) is 0 Å². The molecule has 0 saturated heterocycles. The molecule has 1 nitrogen and oxygen atoms in total. The summed E-state index contributed by atoms with van der Waals surface area (Å²) in [6, 6.07) is 0. The molecule has 1 rings (SSSR count). The molecule has 1 atom stereocenters. The van der Waals surface area contributed by atoms with Gasteiger partial charge in [-0.1, -0.05) is 0 Å². The second kappa shape index (κ2) is 2.53. The second-order valence-corrected chi connectivity index (χ2v) is 2.90. The van der Waals surface area contributed by atoms with Crippen LogP contribution >= 0.6 is 11.6 Å². The lowest BCUT2D eigenvalue weighted by atomic mass is 10.4. The van der Waals surface area contributed by atoms with Crippen LogP contribution in [0.25, 0.3) is 0 Å². The molecule has 2 heteroatoms. The second-order valence-electron chi connectivity index (χ2n) is 2.27. The Kier molecular flexibility index (Phi) is 1.91. The summed E-state index contributed by atoms with van der Waals surface area (Å²) >= 11 is 5.84. The molecule has 0 N–H and O–H groups in total. The summed E-state index contributed by atoms with van der Waals surface area (Å²) in [4.78, 5) is 0. The summed E-state index contributed by atoms with van der Waals surface area (Å²) in [5.41, 5.74) is 1.39. The van der Waals surface area contributed by atoms with Gasteiger partial charge in [-0.05, 0) is 17.7 Å². The fourth-order valence-electron chi connectivity index (χ4n) is 1.00. The molecule has 0 bridgehead atoms. The molecule has 0 amide bonds. The van der Waals surface area contributed by atoms with Crippen molar-refractivity contribution < 1.29 is 4.58 Å². The minimum atomic E-state index is 0.125. The van der Waals surface area contributed by atoms with Gasteiger partial charge in [0.15, 0.2) is 12.3 Å². The highest BCUT2D eigenvalue weighted by Crippen LogP contribution is 2.02. The van der Waals surface area contributed by atoms with Crippen LogP contribution in [0.1, 0.15) is 13.8 Å². The molecule has 0 aromatic heterocycles. The minimum Gasteiger partial charge on any atom is -0.213 e. The smallest absolute Gasteiger partial charge is 0.213 e. The monoisotopic (exact) mass is 144 g/mol. The maximum atomic E-state index is 5.84. The molecule has 1 heterocycles. The Morgan fingerprint density at radius 2 is 2.44 bits per heavy atom. The van der Waals surface area contributed by atoms with E-state index in [4.69, 9.17) is 11.6 Å². The molecule has 0 saturated carbocycles. The van der Waals surface area contributed by atoms with Gasteiger partial charge in [-0.25, -0.2) is 4.58 Å². The van der Waals surface area contributed by atoms with Crippen LogP contribution in [0.15, 0.2) is 12.2 Å². The highest BCUT2D eigenvalue weighted by molar-refractivity contribution is 6.19. The third-order valence-electron chi connectivity index (χ3n) is 1.54. The van der Waals surface area contributed by atoms with Crippen LogP contribution in [0.2, 0.25) is 0 Å². The molecular formula is C7H11ClN+. The van der Waals surface area contributed by atoms with E-state index in [2.05, 4.69) is 23.7 Å². The van der Waals surface area contributed by atoms with Crippen LogP contribution in [-0.2, 0) is 0 Å². The van der Waals surface area contributed by atoms with E-state index < -0.39 is 0 Å². The number of alkyl halides is 1. The summed E-state index contributed by atoms with van der Waals surface area (Å²) in [6.07, 6.45) is 4.22. The fraction of sp³-hybridized carbons (Fsp3) is 0.571. The van der Waals surface area contributed by atoms with Gasteiger partial charge in [0.1, 0.15) is 0 Å². The molecular weight excluding hydrogens is 134 g/mol. The largest absolute Gasteiger partial charge is 0.224 e. The Morgan fingerprint density at radius 3 is 2.67 bits per heavy atom. The van der Waals surface area contributed by atoms with Crippen LogP contribution in [0.3, 0.4) is 0 Å². The molecule has 0 aliphatic carbocycles. The van der Waals surface area contributed by atoms with Gasteiger partial charge >= 0.3 is 0 Å². The van der Waals surface area contributed by atoms with Gasteiger partial charge in [-0.3, -0.25) is 0 Å². The van der Waals surface area contributed by atoms with Gasteiger partial charge < -0.3 is 0 Å². The molecule has 50 valence electrons. The predicted octanol–water partition coefficient (Wildman–Crippen LogP) is 1.61. The van der Waals surface area contributed by atoms with Crippen molar-refractivity contribution in [2.24, 2.45) is 0 Å². The third kappa shape index (κ3) is 1.33. The summed E-state index contributed by atoms with van der Waals surface area (Å²) < 4.78 is 2.14. The van der Waals surface area contributed by atoms with E-state index in [1.807, 2.05) is 6.92 Å². The Hall–Kier alpha value is -0.300. The number of hydrogen-bond donors (Lipinski definition) is 0. The van der Waals surface area contributed by atoms with Crippen molar-refractivity contribution in [1.29, 1.82) is 0 Å². The number of nitrogens with zero attached hydrogens (tertiary/aromatic N) is 1. The minimum absolute atomic E-state index is 0.125. The predicted molar refractivity (Wildman–Crippen MR) is 40.3 cm³/mol. The van der Waals surface area contributed by atoms with Gasteiger partial charge in [0, 0.05) is 19.9 Å². The van der Waals surface area contributed by atoms with Crippen molar-refractivity contribution in [3.63, 3.8) is 0 Å². The SMILES string of the molecule is CC1=[N+](C(C)Cl)CC=C1. The Bertz CT molecular complexity index is 168. The summed E-state index contributed by atoms with van der Waals surface area (Å²) in [7, 11) is 0. The Balaban J connectivity index is 2.73. The number of hydrogen-bond acceptors (Lipinski definition) is 0. The molecule has 1 unspecified atom stereocenters. The standard InChI is InChI=1S/C7H11ClN/c1-6-4-3-5-9(6)7(2)8/h3-4,7H,5H2,1-2H3/q+1. The Morgan fingerprint density at radius 1 is 1.78 bits per heavy atom. The van der Waals surface area contributed by atoms with Crippen molar-refractivity contribution in [2.75, 3.05) is 6.54 Å². The highest BCUT2D eigenvalue weighted by atomic mass is 35.5. The average molecular weight is 145 g/mol. The molecule has 0 fully saturated rings. The summed E-state index contributed by atoms with van der Waals surface area (Å²) in [5, 5.41) is 0. The lowest BCUT2D eigenvalue weighted by Crippen LogP contribution is -2.19. The van der Waals surface area contributed by atoms with Gasteiger partial charge in [-0.2, -0.15) is 0 Å². The molecule has 1 aliphatic rings. The van der Waals surface area contributed by atoms with Crippen molar-refractivity contribution >= 4 is 17.3 Å². The van der Waals surface area contributed by atoms with Gasteiger partial charge in [0.25, 0.3) is 0 Å². The van der Waals surface area contributed by atoms with Crippen LogP contribution < -0.4 is 0 Å². The van der Waals surface area contributed by atoms with Gasteiger partial charge in [-0.15, -0.1) is 0 Å². The first kappa shape index (κ1) is 6.81. The molecule has 1 aliphatic heterocycles. The third-order valence-corrected chi connectivity index (χ3v) is 1.78. The van der Waals surface area contributed by atoms with Crippen LogP contribution in [0, 0.1) is 0 Å². The first-order valence-corrected chi connectivity index (χ1v) is 3.56. The topological polar surface area (TPSA) is 3.01 Å². The van der Waals surface area contributed by atoms with Crippen molar-refractivity contribution in [2.45, 2.75) is 19.3 Å². The first-order valence-electron chi connectivity index (χ1n) is 3.12. The van der Waals surface area contributed by atoms with E-state index in [1.165, 1.54) is 5.71 Å². The zero-order chi connectivity index (χ0) is 6.85. The lowest BCUT2D eigenvalue weighted by molar-refractivity contribution is -0.527. The summed E-state index contributed by atoms with van der Waals surface area (Å²) in [6.45, 7) is 5.02. The highest BCUT2D eigenvalue weighted by Gasteiger charge is 2.16. The zero-order valence-corrected chi connectivity index (χ0v) is 6.52. The molecule has 0 aromatic carbocycles. The lowest BCUT2D eigenvalue weighted by Gasteiger charge is -1.99. The molecule has 0 spiro atoms. The fourth-order valence-corrected chi connectivity index (χ4v) is 1.24. The number of allylic oxidation sites excluding steroid dienone is 1. The van der Waals surface area contributed by atoms with Crippen molar-refractivity contribution in [3.8, 4) is 0 Å². The molecule has 0 radical (unpaired) electrons. The summed E-state index contributed by atoms with van der Waals surface area (Å²) in [5.74, 6) is 0. The van der Waals surface area contributed by atoms with Gasteiger partial charge in [0.2, 0.25) is 5.50 Å². The first-order chi connectivity index (χ1) is 4.22. The van der Waals surface area contributed by atoms with E-state index in [0.29, 0.717) is 0 Å². The van der Waals surface area contributed by atoms with E-state index in [-0.39, 0.29) is 5.50 Å². The molecule has 9 heavy (non-hydrogen) atoms. The van der Waals surface area contributed by atoms with Crippen molar-refractivity contribution in [3.05, 3.63) is 12.2 Å². The van der Waals surface area contributed by atoms with Crippen LogP contribution in [0.5, 0.6) is 0 Å². The maximum absolute atomic E-state index is 5.84. The zero-order valence-electron chi connectivity index (χ0n) is 5.76. The van der Waals surface area contributed by atoms with Crippen LogP contribution in [-0.4, -0.2) is 22.3 Å².